The Bertz CT molecular complexity index is 692. The number of rotatable bonds is 4. The number of aromatic nitrogens is 1. The summed E-state index contributed by atoms with van der Waals surface area (Å²) >= 11 is 0. The van der Waals surface area contributed by atoms with Gasteiger partial charge in [0.15, 0.2) is 0 Å². The minimum atomic E-state index is -0.282. The van der Waals surface area contributed by atoms with E-state index in [2.05, 4.69) is 15.2 Å². The molecule has 1 saturated heterocycles. The van der Waals surface area contributed by atoms with E-state index >= 15 is 0 Å². The molecule has 1 aromatic heterocycles. The number of hydrogen-bond acceptors (Lipinski definition) is 3. The number of halogens is 1. The van der Waals surface area contributed by atoms with E-state index in [9.17, 15) is 9.18 Å². The first kappa shape index (κ1) is 17.4. The molecule has 1 aromatic carbocycles. The van der Waals surface area contributed by atoms with Crippen LogP contribution in [0.1, 0.15) is 54.6 Å². The largest absolute Gasteiger partial charge is 0.357 e. The van der Waals surface area contributed by atoms with Crippen molar-refractivity contribution in [3.63, 3.8) is 0 Å². The first-order valence-electron chi connectivity index (χ1n) is 8.91. The molecule has 1 amide bonds. The molecule has 132 valence electrons. The molecule has 0 radical (unpaired) electrons. The molecule has 0 spiro atoms. The summed E-state index contributed by atoms with van der Waals surface area (Å²) in [7, 11) is 0. The molecule has 25 heavy (non-hydrogen) atoms. The Morgan fingerprint density at radius 1 is 1.08 bits per heavy atom. The van der Waals surface area contributed by atoms with Gasteiger partial charge in [-0.05, 0) is 49.6 Å². The maximum absolute atomic E-state index is 13.0. The highest BCUT2D eigenvalue weighted by Crippen LogP contribution is 2.18. The van der Waals surface area contributed by atoms with Crippen LogP contribution in [0.2, 0.25) is 0 Å². The molecular weight excluding hydrogens is 317 g/mol. The first-order chi connectivity index (χ1) is 12.1. The summed E-state index contributed by atoms with van der Waals surface area (Å²) in [5.41, 5.74) is 1.40. The van der Waals surface area contributed by atoms with Gasteiger partial charge in [-0.15, -0.1) is 0 Å². The van der Waals surface area contributed by atoms with Crippen LogP contribution >= 0.6 is 0 Å². The molecule has 0 bridgehead atoms. The standard InChI is InChI=1S/C20H24FN3O/c1-15(16-6-9-18(21)10-7-16)23-20(25)17-8-11-19(22-14-17)24-12-4-2-3-5-13-24/h6-11,14-15H,2-5,12-13H2,1H3,(H,23,25)/t15-/m1/s1. The number of amides is 1. The van der Waals surface area contributed by atoms with Crippen molar-refractivity contribution in [3.8, 4) is 0 Å². The fourth-order valence-electron chi connectivity index (χ4n) is 3.12. The molecule has 0 aliphatic carbocycles. The number of benzene rings is 1. The van der Waals surface area contributed by atoms with Crippen LogP contribution in [0.25, 0.3) is 0 Å². The summed E-state index contributed by atoms with van der Waals surface area (Å²) in [5, 5.41) is 2.93. The molecule has 1 N–H and O–H groups in total. The van der Waals surface area contributed by atoms with Crippen LogP contribution < -0.4 is 10.2 Å². The van der Waals surface area contributed by atoms with Gasteiger partial charge in [-0.3, -0.25) is 4.79 Å². The predicted octanol–water partition coefficient (Wildman–Crippen LogP) is 4.09. The third-order valence-electron chi connectivity index (χ3n) is 4.66. The van der Waals surface area contributed by atoms with E-state index in [1.807, 2.05) is 19.1 Å². The van der Waals surface area contributed by atoms with Crippen LogP contribution in [-0.2, 0) is 0 Å². The van der Waals surface area contributed by atoms with E-state index in [1.165, 1.54) is 37.8 Å². The quantitative estimate of drug-likeness (QED) is 0.911. The second-order valence-corrected chi connectivity index (χ2v) is 6.55. The molecule has 5 heteroatoms. The van der Waals surface area contributed by atoms with Crippen molar-refractivity contribution in [2.45, 2.75) is 38.6 Å². The Balaban J connectivity index is 1.63. The predicted molar refractivity (Wildman–Crippen MR) is 97.2 cm³/mol. The van der Waals surface area contributed by atoms with Gasteiger partial charge in [-0.2, -0.15) is 0 Å². The van der Waals surface area contributed by atoms with Crippen molar-refractivity contribution in [1.29, 1.82) is 0 Å². The van der Waals surface area contributed by atoms with E-state index in [0.29, 0.717) is 5.56 Å². The van der Waals surface area contributed by atoms with E-state index in [0.717, 1.165) is 24.5 Å². The van der Waals surface area contributed by atoms with Crippen LogP contribution in [0.4, 0.5) is 10.2 Å². The number of hydrogen-bond donors (Lipinski definition) is 1. The summed E-state index contributed by atoms with van der Waals surface area (Å²) in [6.07, 6.45) is 6.57. The van der Waals surface area contributed by atoms with Gasteiger partial charge < -0.3 is 10.2 Å². The van der Waals surface area contributed by atoms with E-state index in [1.54, 1.807) is 18.3 Å². The topological polar surface area (TPSA) is 45.2 Å². The van der Waals surface area contributed by atoms with Crippen LogP contribution in [-0.4, -0.2) is 24.0 Å². The average Bonchev–Trinajstić information content (AvgIpc) is 2.92. The monoisotopic (exact) mass is 341 g/mol. The smallest absolute Gasteiger partial charge is 0.253 e. The normalized spacial score (nSPS) is 16.2. The zero-order chi connectivity index (χ0) is 17.6. The average molecular weight is 341 g/mol. The second-order valence-electron chi connectivity index (χ2n) is 6.55. The molecule has 3 rings (SSSR count). The third kappa shape index (κ3) is 4.56. The molecular formula is C20H24FN3O. The van der Waals surface area contributed by atoms with E-state index in [-0.39, 0.29) is 17.8 Å². The zero-order valence-corrected chi connectivity index (χ0v) is 14.5. The Morgan fingerprint density at radius 3 is 2.36 bits per heavy atom. The van der Waals surface area contributed by atoms with Gasteiger partial charge in [0.2, 0.25) is 0 Å². The Kier molecular flexibility index (Phi) is 5.64. The number of nitrogens with zero attached hydrogens (tertiary/aromatic N) is 2. The lowest BCUT2D eigenvalue weighted by atomic mass is 10.1. The summed E-state index contributed by atoms with van der Waals surface area (Å²) < 4.78 is 13.0. The lowest BCUT2D eigenvalue weighted by Crippen LogP contribution is -2.27. The van der Waals surface area contributed by atoms with Gasteiger partial charge in [-0.1, -0.05) is 25.0 Å². The van der Waals surface area contributed by atoms with Crippen molar-refractivity contribution in [3.05, 3.63) is 59.5 Å². The highest BCUT2D eigenvalue weighted by Gasteiger charge is 2.14. The minimum absolute atomic E-state index is 0.174. The lowest BCUT2D eigenvalue weighted by Gasteiger charge is -2.21. The number of carbonyl (C=O) groups excluding carboxylic acids is 1. The molecule has 2 aromatic rings. The Hall–Kier alpha value is -2.43. The minimum Gasteiger partial charge on any atom is -0.357 e. The SMILES string of the molecule is C[C@@H](NC(=O)c1ccc(N2CCCCCC2)nc1)c1ccc(F)cc1. The van der Waals surface area contributed by atoms with Gasteiger partial charge in [0.1, 0.15) is 11.6 Å². The van der Waals surface area contributed by atoms with E-state index in [4.69, 9.17) is 0 Å². The molecule has 1 aliphatic heterocycles. The van der Waals surface area contributed by atoms with Gasteiger partial charge in [0.25, 0.3) is 5.91 Å². The fourth-order valence-corrected chi connectivity index (χ4v) is 3.12. The molecule has 1 atom stereocenters. The van der Waals surface area contributed by atoms with E-state index < -0.39 is 0 Å². The summed E-state index contributed by atoms with van der Waals surface area (Å²) in [6.45, 7) is 3.93. The molecule has 1 fully saturated rings. The molecule has 4 nitrogen and oxygen atoms in total. The molecule has 1 aliphatic rings. The van der Waals surface area contributed by atoms with Crippen LogP contribution in [0, 0.1) is 5.82 Å². The molecule has 0 unspecified atom stereocenters. The highest BCUT2D eigenvalue weighted by atomic mass is 19.1. The van der Waals surface area contributed by atoms with Gasteiger partial charge in [0.05, 0.1) is 11.6 Å². The van der Waals surface area contributed by atoms with Crippen molar-refractivity contribution in [1.82, 2.24) is 10.3 Å². The second kappa shape index (κ2) is 8.10. The Morgan fingerprint density at radius 2 is 1.76 bits per heavy atom. The van der Waals surface area contributed by atoms with Crippen molar-refractivity contribution in [2.24, 2.45) is 0 Å². The maximum atomic E-state index is 13.0. The van der Waals surface area contributed by atoms with Gasteiger partial charge in [-0.25, -0.2) is 9.37 Å². The lowest BCUT2D eigenvalue weighted by molar-refractivity contribution is 0.0939. The molecule has 0 saturated carbocycles. The van der Waals surface area contributed by atoms with Crippen molar-refractivity contribution < 1.29 is 9.18 Å². The van der Waals surface area contributed by atoms with Crippen molar-refractivity contribution >= 4 is 11.7 Å². The van der Waals surface area contributed by atoms with Crippen LogP contribution in [0.5, 0.6) is 0 Å². The number of carbonyl (C=O) groups is 1. The van der Waals surface area contributed by atoms with Gasteiger partial charge in [0, 0.05) is 19.3 Å². The Labute approximate surface area is 148 Å². The third-order valence-corrected chi connectivity index (χ3v) is 4.66. The van der Waals surface area contributed by atoms with Gasteiger partial charge >= 0.3 is 0 Å². The van der Waals surface area contributed by atoms with Crippen LogP contribution in [0.15, 0.2) is 42.6 Å². The highest BCUT2D eigenvalue weighted by molar-refractivity contribution is 5.94. The number of anilines is 1. The number of pyridine rings is 1. The fraction of sp³-hybridized carbons (Fsp3) is 0.400. The summed E-state index contributed by atoms with van der Waals surface area (Å²) in [6, 6.07) is 9.70. The summed E-state index contributed by atoms with van der Waals surface area (Å²) in [5.74, 6) is 0.479. The number of nitrogens with one attached hydrogen (secondary N) is 1. The zero-order valence-electron chi connectivity index (χ0n) is 14.5. The summed E-state index contributed by atoms with van der Waals surface area (Å²) in [4.78, 5) is 19.2. The maximum Gasteiger partial charge on any atom is 0.253 e. The van der Waals surface area contributed by atoms with Crippen LogP contribution in [0.3, 0.4) is 0 Å². The van der Waals surface area contributed by atoms with Crippen molar-refractivity contribution in [2.75, 3.05) is 18.0 Å². The first-order valence-corrected chi connectivity index (χ1v) is 8.91. The molecule has 2 heterocycles.